The van der Waals surface area contributed by atoms with E-state index in [0.29, 0.717) is 24.9 Å². The SMILES string of the molecule is Fc1ccc(CNc2nc(NCc3cccnc3)cc(-c3ccccc3)n2)cc1. The minimum absolute atomic E-state index is 0.252. The molecular formula is C23H20FN5. The van der Waals surface area contributed by atoms with Crippen LogP contribution in [0.4, 0.5) is 16.2 Å². The third kappa shape index (κ3) is 5.13. The molecule has 2 aromatic heterocycles. The first kappa shape index (κ1) is 18.6. The summed E-state index contributed by atoms with van der Waals surface area (Å²) < 4.78 is 13.1. The van der Waals surface area contributed by atoms with E-state index >= 15 is 0 Å². The highest BCUT2D eigenvalue weighted by Gasteiger charge is 2.07. The first-order chi connectivity index (χ1) is 14.3. The molecule has 2 N–H and O–H groups in total. The maximum Gasteiger partial charge on any atom is 0.225 e. The summed E-state index contributed by atoms with van der Waals surface area (Å²) in [5.74, 6) is 0.964. The van der Waals surface area contributed by atoms with Crippen molar-refractivity contribution in [2.24, 2.45) is 0 Å². The van der Waals surface area contributed by atoms with E-state index in [2.05, 4.69) is 25.6 Å². The van der Waals surface area contributed by atoms with Crippen molar-refractivity contribution in [2.75, 3.05) is 10.6 Å². The number of benzene rings is 2. The molecular weight excluding hydrogens is 365 g/mol. The van der Waals surface area contributed by atoms with Crippen LogP contribution in [-0.4, -0.2) is 15.0 Å². The van der Waals surface area contributed by atoms with Crippen molar-refractivity contribution < 1.29 is 4.39 Å². The van der Waals surface area contributed by atoms with E-state index in [4.69, 9.17) is 0 Å². The van der Waals surface area contributed by atoms with E-state index in [-0.39, 0.29) is 5.82 Å². The minimum atomic E-state index is -0.252. The van der Waals surface area contributed by atoms with Crippen molar-refractivity contribution in [3.8, 4) is 11.3 Å². The number of hydrogen-bond acceptors (Lipinski definition) is 5. The fourth-order valence-electron chi connectivity index (χ4n) is 2.85. The van der Waals surface area contributed by atoms with Crippen molar-refractivity contribution in [3.63, 3.8) is 0 Å². The predicted molar refractivity (Wildman–Crippen MR) is 113 cm³/mol. The molecule has 0 saturated heterocycles. The van der Waals surface area contributed by atoms with Gasteiger partial charge in [0.25, 0.3) is 0 Å². The molecule has 0 atom stereocenters. The Balaban J connectivity index is 1.56. The van der Waals surface area contributed by atoms with Gasteiger partial charge in [0.05, 0.1) is 5.69 Å². The predicted octanol–water partition coefficient (Wildman–Crippen LogP) is 4.90. The summed E-state index contributed by atoms with van der Waals surface area (Å²) in [6.07, 6.45) is 3.57. The third-order valence-electron chi connectivity index (χ3n) is 4.36. The average molecular weight is 385 g/mol. The Hall–Kier alpha value is -3.80. The van der Waals surface area contributed by atoms with Crippen LogP contribution in [0.3, 0.4) is 0 Å². The molecule has 29 heavy (non-hydrogen) atoms. The lowest BCUT2D eigenvalue weighted by atomic mass is 10.1. The van der Waals surface area contributed by atoms with Crippen molar-refractivity contribution in [2.45, 2.75) is 13.1 Å². The van der Waals surface area contributed by atoms with Crippen molar-refractivity contribution in [1.29, 1.82) is 0 Å². The Morgan fingerprint density at radius 1 is 0.759 bits per heavy atom. The number of anilines is 2. The summed E-state index contributed by atoms with van der Waals surface area (Å²) in [5, 5.41) is 6.57. The molecule has 0 unspecified atom stereocenters. The summed E-state index contributed by atoms with van der Waals surface area (Å²) in [4.78, 5) is 13.4. The monoisotopic (exact) mass is 385 g/mol. The minimum Gasteiger partial charge on any atom is -0.366 e. The van der Waals surface area contributed by atoms with Crippen LogP contribution < -0.4 is 10.6 Å². The Kier molecular flexibility index (Phi) is 5.71. The Labute approximate surface area is 168 Å². The largest absolute Gasteiger partial charge is 0.366 e. The zero-order valence-electron chi connectivity index (χ0n) is 15.7. The molecule has 144 valence electrons. The average Bonchev–Trinajstić information content (AvgIpc) is 2.78. The van der Waals surface area contributed by atoms with Crippen LogP contribution in [0.1, 0.15) is 11.1 Å². The Bertz CT molecular complexity index is 1050. The topological polar surface area (TPSA) is 62.7 Å². The number of nitrogens with zero attached hydrogens (tertiary/aromatic N) is 3. The molecule has 0 radical (unpaired) electrons. The van der Waals surface area contributed by atoms with Gasteiger partial charge in [-0.15, -0.1) is 0 Å². The summed E-state index contributed by atoms with van der Waals surface area (Å²) in [5.41, 5.74) is 3.83. The molecule has 0 saturated carbocycles. The van der Waals surface area contributed by atoms with Gasteiger partial charge in [-0.1, -0.05) is 48.5 Å². The first-order valence-corrected chi connectivity index (χ1v) is 9.32. The second kappa shape index (κ2) is 8.93. The molecule has 0 amide bonds. The quantitative estimate of drug-likeness (QED) is 0.474. The maximum absolute atomic E-state index is 13.1. The Morgan fingerprint density at radius 3 is 2.31 bits per heavy atom. The zero-order valence-corrected chi connectivity index (χ0v) is 15.7. The first-order valence-electron chi connectivity index (χ1n) is 9.32. The van der Waals surface area contributed by atoms with Gasteiger partial charge in [-0.25, -0.2) is 9.37 Å². The van der Waals surface area contributed by atoms with Crippen molar-refractivity contribution >= 4 is 11.8 Å². The van der Waals surface area contributed by atoms with E-state index in [1.165, 1.54) is 12.1 Å². The van der Waals surface area contributed by atoms with Crippen molar-refractivity contribution in [1.82, 2.24) is 15.0 Å². The van der Waals surface area contributed by atoms with Gasteiger partial charge in [0.2, 0.25) is 5.95 Å². The number of hydrogen-bond donors (Lipinski definition) is 2. The number of rotatable bonds is 7. The standard InChI is InChI=1S/C23H20FN5/c24-20-10-8-17(9-11-20)15-27-23-28-21(19-6-2-1-3-7-19)13-22(29-23)26-16-18-5-4-12-25-14-18/h1-14H,15-16H2,(H2,26,27,28,29). The maximum atomic E-state index is 13.1. The van der Waals surface area contributed by atoms with Crippen LogP contribution in [0.2, 0.25) is 0 Å². The van der Waals surface area contributed by atoms with Crippen LogP contribution in [0, 0.1) is 5.82 Å². The van der Waals surface area contributed by atoms with E-state index in [1.807, 2.05) is 54.7 Å². The van der Waals surface area contributed by atoms with Gasteiger partial charge in [0.15, 0.2) is 0 Å². The number of halogens is 1. The van der Waals surface area contributed by atoms with E-state index in [0.717, 1.165) is 22.4 Å². The van der Waals surface area contributed by atoms with Crippen LogP contribution in [-0.2, 0) is 13.1 Å². The molecule has 2 aromatic carbocycles. The van der Waals surface area contributed by atoms with E-state index in [9.17, 15) is 4.39 Å². The second-order valence-electron chi connectivity index (χ2n) is 6.52. The summed E-state index contributed by atoms with van der Waals surface area (Å²) in [6.45, 7) is 1.11. The van der Waals surface area contributed by atoms with Crippen LogP contribution in [0.5, 0.6) is 0 Å². The number of aromatic nitrogens is 3. The van der Waals surface area contributed by atoms with Gasteiger partial charge in [0.1, 0.15) is 11.6 Å². The fourth-order valence-corrected chi connectivity index (χ4v) is 2.85. The summed E-state index contributed by atoms with van der Waals surface area (Å²) in [7, 11) is 0. The normalized spacial score (nSPS) is 10.5. The summed E-state index contributed by atoms with van der Waals surface area (Å²) in [6, 6.07) is 22.2. The van der Waals surface area contributed by atoms with Crippen LogP contribution in [0.25, 0.3) is 11.3 Å². The highest BCUT2D eigenvalue weighted by Crippen LogP contribution is 2.22. The number of pyridine rings is 1. The molecule has 4 aromatic rings. The number of nitrogens with one attached hydrogen (secondary N) is 2. The molecule has 0 fully saturated rings. The third-order valence-corrected chi connectivity index (χ3v) is 4.36. The molecule has 6 heteroatoms. The van der Waals surface area contributed by atoms with Gasteiger partial charge in [-0.2, -0.15) is 4.98 Å². The lowest BCUT2D eigenvalue weighted by Crippen LogP contribution is -2.08. The molecule has 5 nitrogen and oxygen atoms in total. The zero-order chi connectivity index (χ0) is 19.9. The van der Waals surface area contributed by atoms with Gasteiger partial charge in [-0.3, -0.25) is 4.98 Å². The molecule has 2 heterocycles. The smallest absolute Gasteiger partial charge is 0.225 e. The van der Waals surface area contributed by atoms with E-state index < -0.39 is 0 Å². The molecule has 4 rings (SSSR count). The molecule has 0 aliphatic rings. The Morgan fingerprint density at radius 2 is 1.55 bits per heavy atom. The van der Waals surface area contributed by atoms with Crippen LogP contribution in [0.15, 0.2) is 85.2 Å². The lowest BCUT2D eigenvalue weighted by molar-refractivity contribution is 0.627. The molecule has 0 aliphatic heterocycles. The van der Waals surface area contributed by atoms with E-state index in [1.54, 1.807) is 18.3 Å². The highest BCUT2D eigenvalue weighted by molar-refractivity contribution is 5.64. The van der Waals surface area contributed by atoms with Gasteiger partial charge in [0, 0.05) is 37.1 Å². The fraction of sp³-hybridized carbons (Fsp3) is 0.0870. The van der Waals surface area contributed by atoms with Gasteiger partial charge < -0.3 is 10.6 Å². The highest BCUT2D eigenvalue weighted by atomic mass is 19.1. The molecule has 0 spiro atoms. The molecule has 0 aliphatic carbocycles. The summed E-state index contributed by atoms with van der Waals surface area (Å²) >= 11 is 0. The van der Waals surface area contributed by atoms with Gasteiger partial charge in [-0.05, 0) is 29.3 Å². The van der Waals surface area contributed by atoms with Crippen LogP contribution >= 0.6 is 0 Å². The lowest BCUT2D eigenvalue weighted by Gasteiger charge is -2.12. The molecule has 0 bridgehead atoms. The second-order valence-corrected chi connectivity index (χ2v) is 6.52. The van der Waals surface area contributed by atoms with Gasteiger partial charge >= 0.3 is 0 Å². The van der Waals surface area contributed by atoms with Crippen molar-refractivity contribution in [3.05, 3.63) is 102 Å².